The van der Waals surface area contributed by atoms with Crippen LogP contribution in [0.2, 0.25) is 0 Å². The van der Waals surface area contributed by atoms with Gasteiger partial charge in [0.05, 0.1) is 0 Å². The molecule has 1 N–H and O–H groups in total. The van der Waals surface area contributed by atoms with Gasteiger partial charge in [-0.2, -0.15) is 0 Å². The molecule has 0 spiro atoms. The summed E-state index contributed by atoms with van der Waals surface area (Å²) in [5, 5.41) is 3.70. The SMILES string of the molecule is COCCCCCNC1CCCCCC1.Cl. The van der Waals surface area contributed by atoms with E-state index < -0.39 is 0 Å². The average Bonchev–Trinajstić information content (AvgIpc) is 2.52. The Morgan fingerprint density at radius 1 is 1.00 bits per heavy atom. The van der Waals surface area contributed by atoms with Crippen LogP contribution in [0.3, 0.4) is 0 Å². The largest absolute Gasteiger partial charge is 0.385 e. The smallest absolute Gasteiger partial charge is 0.0462 e. The Kier molecular flexibility index (Phi) is 11.8. The molecular formula is C13H28ClNO. The Morgan fingerprint density at radius 2 is 1.69 bits per heavy atom. The lowest BCUT2D eigenvalue weighted by atomic mass is 10.1. The molecule has 0 amide bonds. The van der Waals surface area contributed by atoms with Crippen LogP contribution in [0.4, 0.5) is 0 Å². The highest BCUT2D eigenvalue weighted by Gasteiger charge is 2.10. The van der Waals surface area contributed by atoms with Gasteiger partial charge in [-0.3, -0.25) is 0 Å². The van der Waals surface area contributed by atoms with Gasteiger partial charge in [0, 0.05) is 19.8 Å². The summed E-state index contributed by atoms with van der Waals surface area (Å²) in [6.07, 6.45) is 12.4. The van der Waals surface area contributed by atoms with Crippen LogP contribution in [-0.2, 0) is 4.74 Å². The van der Waals surface area contributed by atoms with Crippen LogP contribution in [0.25, 0.3) is 0 Å². The Labute approximate surface area is 107 Å². The minimum Gasteiger partial charge on any atom is -0.385 e. The van der Waals surface area contributed by atoms with Crippen LogP contribution in [0.15, 0.2) is 0 Å². The molecule has 0 aromatic heterocycles. The fourth-order valence-electron chi connectivity index (χ4n) is 2.34. The molecule has 0 radical (unpaired) electrons. The molecule has 0 heterocycles. The van der Waals surface area contributed by atoms with Gasteiger partial charge >= 0.3 is 0 Å². The standard InChI is InChI=1S/C13H27NO.ClH/c1-15-12-8-4-7-11-14-13-9-5-2-3-6-10-13;/h13-14H,2-12H2,1H3;1H. The maximum Gasteiger partial charge on any atom is 0.0462 e. The number of hydrogen-bond acceptors (Lipinski definition) is 2. The van der Waals surface area contributed by atoms with E-state index in [1.807, 2.05) is 0 Å². The van der Waals surface area contributed by atoms with Crippen LogP contribution >= 0.6 is 12.4 Å². The van der Waals surface area contributed by atoms with Crippen molar-refractivity contribution in [1.82, 2.24) is 5.32 Å². The van der Waals surface area contributed by atoms with Gasteiger partial charge in [0.15, 0.2) is 0 Å². The Bertz CT molecular complexity index is 136. The number of methoxy groups -OCH3 is 1. The van der Waals surface area contributed by atoms with Gasteiger partial charge in [-0.1, -0.05) is 25.7 Å². The zero-order chi connectivity index (χ0) is 10.8. The van der Waals surface area contributed by atoms with Crippen LogP contribution in [-0.4, -0.2) is 26.3 Å². The van der Waals surface area contributed by atoms with E-state index in [0.29, 0.717) is 0 Å². The van der Waals surface area contributed by atoms with E-state index in [2.05, 4.69) is 5.32 Å². The average molecular weight is 250 g/mol. The van der Waals surface area contributed by atoms with E-state index >= 15 is 0 Å². The molecule has 0 aromatic rings. The molecule has 0 saturated heterocycles. The second-order valence-electron chi connectivity index (χ2n) is 4.70. The first-order valence-corrected chi connectivity index (χ1v) is 6.66. The molecule has 1 aliphatic rings. The first kappa shape index (κ1) is 16.2. The Hall–Kier alpha value is 0.210. The number of rotatable bonds is 7. The predicted molar refractivity (Wildman–Crippen MR) is 72.5 cm³/mol. The molecule has 0 bridgehead atoms. The Morgan fingerprint density at radius 3 is 2.31 bits per heavy atom. The first-order valence-electron chi connectivity index (χ1n) is 6.66. The monoisotopic (exact) mass is 249 g/mol. The number of halogens is 1. The summed E-state index contributed by atoms with van der Waals surface area (Å²) < 4.78 is 5.03. The summed E-state index contributed by atoms with van der Waals surface area (Å²) in [5.74, 6) is 0. The third-order valence-electron chi connectivity index (χ3n) is 3.31. The molecule has 1 rings (SSSR count). The molecule has 2 nitrogen and oxygen atoms in total. The van der Waals surface area contributed by atoms with Crippen molar-refractivity contribution in [2.24, 2.45) is 0 Å². The number of nitrogens with one attached hydrogen (secondary N) is 1. The van der Waals surface area contributed by atoms with Crippen molar-refractivity contribution >= 4 is 12.4 Å². The van der Waals surface area contributed by atoms with Gasteiger partial charge < -0.3 is 10.1 Å². The van der Waals surface area contributed by atoms with Crippen molar-refractivity contribution in [3.63, 3.8) is 0 Å². The highest BCUT2D eigenvalue weighted by Crippen LogP contribution is 2.17. The van der Waals surface area contributed by atoms with Gasteiger partial charge in [0.2, 0.25) is 0 Å². The fraction of sp³-hybridized carbons (Fsp3) is 1.00. The fourth-order valence-corrected chi connectivity index (χ4v) is 2.34. The number of hydrogen-bond donors (Lipinski definition) is 1. The molecule has 0 aliphatic heterocycles. The van der Waals surface area contributed by atoms with E-state index in [1.165, 1.54) is 64.3 Å². The lowest BCUT2D eigenvalue weighted by molar-refractivity contribution is 0.192. The zero-order valence-electron chi connectivity index (χ0n) is 10.7. The first-order chi connectivity index (χ1) is 7.43. The van der Waals surface area contributed by atoms with Crippen LogP contribution in [0, 0.1) is 0 Å². The van der Waals surface area contributed by atoms with Crippen molar-refractivity contribution in [3.05, 3.63) is 0 Å². The predicted octanol–water partition coefficient (Wildman–Crippen LogP) is 3.54. The van der Waals surface area contributed by atoms with Crippen LogP contribution in [0.1, 0.15) is 57.8 Å². The van der Waals surface area contributed by atoms with Crippen molar-refractivity contribution in [1.29, 1.82) is 0 Å². The van der Waals surface area contributed by atoms with Crippen molar-refractivity contribution < 1.29 is 4.74 Å². The molecular weight excluding hydrogens is 222 g/mol. The second-order valence-corrected chi connectivity index (χ2v) is 4.70. The molecule has 1 fully saturated rings. The van der Waals surface area contributed by atoms with E-state index in [0.717, 1.165) is 12.6 Å². The summed E-state index contributed by atoms with van der Waals surface area (Å²) in [5.41, 5.74) is 0. The van der Waals surface area contributed by atoms with E-state index in [1.54, 1.807) is 7.11 Å². The van der Waals surface area contributed by atoms with Crippen molar-refractivity contribution in [2.45, 2.75) is 63.8 Å². The summed E-state index contributed by atoms with van der Waals surface area (Å²) in [6.45, 7) is 2.12. The number of unbranched alkanes of at least 4 members (excludes halogenated alkanes) is 2. The Balaban J connectivity index is 0.00000225. The molecule has 0 aromatic carbocycles. The molecule has 16 heavy (non-hydrogen) atoms. The maximum absolute atomic E-state index is 5.03. The summed E-state index contributed by atoms with van der Waals surface area (Å²) >= 11 is 0. The van der Waals surface area contributed by atoms with Gasteiger partial charge in [0.1, 0.15) is 0 Å². The third-order valence-corrected chi connectivity index (χ3v) is 3.31. The second kappa shape index (κ2) is 11.7. The van der Waals surface area contributed by atoms with Crippen molar-refractivity contribution in [2.75, 3.05) is 20.3 Å². The quantitative estimate of drug-likeness (QED) is 0.551. The minimum atomic E-state index is 0. The lowest BCUT2D eigenvalue weighted by Crippen LogP contribution is -2.29. The minimum absolute atomic E-state index is 0. The molecule has 0 unspecified atom stereocenters. The highest BCUT2D eigenvalue weighted by molar-refractivity contribution is 5.85. The lowest BCUT2D eigenvalue weighted by Gasteiger charge is -2.15. The van der Waals surface area contributed by atoms with E-state index in [9.17, 15) is 0 Å². The molecule has 98 valence electrons. The number of ether oxygens (including phenoxy) is 1. The molecule has 1 aliphatic carbocycles. The maximum atomic E-state index is 5.03. The van der Waals surface area contributed by atoms with Gasteiger partial charge in [0.25, 0.3) is 0 Å². The molecule has 0 atom stereocenters. The normalized spacial score (nSPS) is 17.8. The van der Waals surface area contributed by atoms with Crippen LogP contribution in [0.5, 0.6) is 0 Å². The van der Waals surface area contributed by atoms with Gasteiger partial charge in [-0.25, -0.2) is 0 Å². The third kappa shape index (κ3) is 8.37. The van der Waals surface area contributed by atoms with E-state index in [4.69, 9.17) is 4.74 Å². The van der Waals surface area contributed by atoms with Gasteiger partial charge in [-0.05, 0) is 38.6 Å². The summed E-state index contributed by atoms with van der Waals surface area (Å²) in [4.78, 5) is 0. The summed E-state index contributed by atoms with van der Waals surface area (Å²) in [6, 6.07) is 0.815. The topological polar surface area (TPSA) is 21.3 Å². The van der Waals surface area contributed by atoms with Gasteiger partial charge in [-0.15, -0.1) is 12.4 Å². The summed E-state index contributed by atoms with van der Waals surface area (Å²) in [7, 11) is 1.78. The molecule has 3 heteroatoms. The van der Waals surface area contributed by atoms with Crippen molar-refractivity contribution in [3.8, 4) is 0 Å². The zero-order valence-corrected chi connectivity index (χ0v) is 11.5. The van der Waals surface area contributed by atoms with Crippen LogP contribution < -0.4 is 5.32 Å². The highest BCUT2D eigenvalue weighted by atomic mass is 35.5. The van der Waals surface area contributed by atoms with E-state index in [-0.39, 0.29) is 12.4 Å². The molecule has 1 saturated carbocycles.